The van der Waals surface area contributed by atoms with Gasteiger partial charge in [0, 0.05) is 121 Å². The number of aryl methyl sites for hydroxylation is 1. The van der Waals surface area contributed by atoms with Gasteiger partial charge in [-0.15, -0.1) is 0 Å². The normalized spacial score (nSPS) is 11.9. The van der Waals surface area contributed by atoms with Crippen molar-refractivity contribution in [2.75, 3.05) is 115 Å². The molecule has 11 heterocycles. The molecule has 10 N–H and O–H groups in total. The lowest BCUT2D eigenvalue weighted by molar-refractivity contribution is -0.130. The number of carbonyl (C=O) groups excluding carboxylic acids is 8. The third-order valence-corrected chi connectivity index (χ3v) is 19.7. The summed E-state index contributed by atoms with van der Waals surface area (Å²) in [5, 5.41) is 29.4. The molecule has 142 heavy (non-hydrogen) atoms. The molecule has 15 rings (SSSR count). The van der Waals surface area contributed by atoms with Crippen LogP contribution in [-0.4, -0.2) is 200 Å². The number of benzene rings is 4. The van der Waals surface area contributed by atoms with Crippen LogP contribution in [-0.2, 0) is 24.0 Å². The van der Waals surface area contributed by atoms with Crippen LogP contribution in [0.2, 0.25) is 0 Å². The summed E-state index contributed by atoms with van der Waals surface area (Å²) in [4.78, 5) is 156. The Bertz CT molecular complexity index is 6510. The zero-order valence-corrected chi connectivity index (χ0v) is 78.4. The number of ether oxygens (including phenoxy) is 8. The predicted octanol–water partition coefficient (Wildman–Crippen LogP) is 15.8. The first-order valence-corrected chi connectivity index (χ1v) is 43.1. The third kappa shape index (κ3) is 31.2. The summed E-state index contributed by atoms with van der Waals surface area (Å²) in [6.07, 6.45) is 20.6. The molecule has 0 unspecified atom stereocenters. The van der Waals surface area contributed by atoms with Gasteiger partial charge < -0.3 is 101 Å². The number of hydrogen-bond donors (Lipinski definition) is 10. The number of aromatic nitrogens is 14. The highest BCUT2D eigenvalue weighted by Crippen LogP contribution is 2.33. The summed E-state index contributed by atoms with van der Waals surface area (Å²) in [6, 6.07) is 41.8. The largest absolute Gasteiger partial charge is 0.497 e. The van der Waals surface area contributed by atoms with E-state index in [4.69, 9.17) is 37.9 Å². The Labute approximate surface area is 814 Å². The third-order valence-electron chi connectivity index (χ3n) is 19.7. The number of anilines is 16. The number of nitrogens with zero attached hydrogens (tertiary/aromatic N) is 16. The van der Waals surface area contributed by atoms with E-state index in [1.165, 1.54) is 77.9 Å². The Balaban J connectivity index is 0.000000170. The zero-order chi connectivity index (χ0) is 102. The summed E-state index contributed by atoms with van der Waals surface area (Å²) in [7, 11) is 7.74. The molecule has 42 nitrogen and oxygen atoms in total. The predicted molar refractivity (Wildman–Crippen MR) is 531 cm³/mol. The van der Waals surface area contributed by atoms with Gasteiger partial charge in [0.15, 0.2) is 17.3 Å². The molecule has 0 aliphatic carbocycles. The quantitative estimate of drug-likeness (QED) is 0.0129. The van der Waals surface area contributed by atoms with E-state index in [0.717, 1.165) is 24.3 Å². The molecule has 0 radical (unpaired) electrons. The first-order valence-electron chi connectivity index (χ1n) is 43.1. The summed E-state index contributed by atoms with van der Waals surface area (Å²) in [5.41, 5.74) is 7.40. The monoisotopic (exact) mass is 1930 g/mol. The minimum Gasteiger partial charge on any atom is -0.497 e. The topological polar surface area (TPSA) is 518 Å². The molecule has 1 atom stereocenters. The summed E-state index contributed by atoms with van der Waals surface area (Å²) in [6.45, 7) is 25.4. The van der Waals surface area contributed by atoms with Gasteiger partial charge in [-0.1, -0.05) is 57.2 Å². The number of piperidine rings is 1. The molecule has 0 bridgehead atoms. The summed E-state index contributed by atoms with van der Waals surface area (Å²) in [5.74, 6) is 3.56. The number of Topliss-reactive ketones (excluding diaryl/α,β-unsaturated/α-hetero) is 3. The molecular formula is C99H99FN26O16. The van der Waals surface area contributed by atoms with Crippen LogP contribution in [0.25, 0.3) is 0 Å². The van der Waals surface area contributed by atoms with Crippen LogP contribution in [0, 0.1) is 12.7 Å². The lowest BCUT2D eigenvalue weighted by Crippen LogP contribution is -2.56. The van der Waals surface area contributed by atoms with Crippen LogP contribution < -0.4 is 91.1 Å². The standard InChI is InChI=1S/C21H20N6O3.C21H19N5O4.C20H19N5O3.C19H21FN4O3.C18H20N6O3/c1-4-18(29)24-14-6-5-7-15(10-14)25-20-17(13(2)28)12-23-21(27-20)26-16-8-9-19(30-3)22-11-16;1-4-18(28)24-14-6-5-7-16(10-14)30-20-17(13(2)27)12-23-21(26-20)25-15-8-9-19(29-3)22-11-15;1-4-17(26)23-14-6-5-7-16(10-14)28-19-13(2)11-22-20(25-19)24-15-8-9-18(27-3)21-12-15;1-3-17(25)24-9-5-8-15(12-24)27-18-16(20)11-21-19(23-18)22-13-6-4-7-14(10-13)26-2;1-4-16(26)24-9-13(10-24)21-17-14(11(2)25)8-20-18(23-17)22-12-5-6-15(27-3)19-7-12/h4-12H,1H2,2-3H3,(H,24,29)(H2,23,25,26,27);4-12H,1H2,2-3H3,(H,24,28)(H,23,25,26);4-12H,1H2,2-3H3,(H,23,26)(H,22,24,25);3-4,6-7,10-11,15H,1,5,8-9,12H2,2H3,(H,21,22,23);4-8,13H,1,9-10H2,2-3H3,(H2,20,21,22,23)/t;;;15-;/m...1./s1. The van der Waals surface area contributed by atoms with Gasteiger partial charge in [-0.05, 0) is 150 Å². The van der Waals surface area contributed by atoms with Crippen molar-refractivity contribution in [3.63, 3.8) is 0 Å². The minimum atomic E-state index is -0.654. The molecule has 4 aromatic carbocycles. The number of carbonyl (C=O) groups is 8. The second-order valence-electron chi connectivity index (χ2n) is 29.9. The Morgan fingerprint density at radius 2 is 0.739 bits per heavy atom. The first-order chi connectivity index (χ1) is 68.6. The molecule has 0 spiro atoms. The van der Waals surface area contributed by atoms with Crippen LogP contribution in [0.4, 0.5) is 97.0 Å². The van der Waals surface area contributed by atoms with Crippen LogP contribution in [0.5, 0.6) is 58.4 Å². The molecule has 728 valence electrons. The molecule has 2 aliphatic heterocycles. The van der Waals surface area contributed by atoms with Gasteiger partial charge in [-0.2, -0.15) is 29.3 Å². The molecule has 13 aromatic rings. The number of amides is 5. The molecule has 2 saturated heterocycles. The fourth-order valence-electron chi connectivity index (χ4n) is 12.6. The Kier molecular flexibility index (Phi) is 37.5. The van der Waals surface area contributed by atoms with E-state index in [-0.39, 0.29) is 94.2 Å². The van der Waals surface area contributed by atoms with Crippen molar-refractivity contribution in [2.45, 2.75) is 52.7 Å². The summed E-state index contributed by atoms with van der Waals surface area (Å²) < 4.78 is 56.8. The lowest BCUT2D eigenvalue weighted by Gasteiger charge is -2.39. The average molecular weight is 1930 g/mol. The highest BCUT2D eigenvalue weighted by molar-refractivity contribution is 6.02. The van der Waals surface area contributed by atoms with Crippen molar-refractivity contribution in [3.05, 3.63) is 293 Å². The maximum absolute atomic E-state index is 14.1. The molecule has 43 heteroatoms. The highest BCUT2D eigenvalue weighted by Gasteiger charge is 2.31. The number of likely N-dealkylation sites (tertiary alicyclic amines) is 2. The van der Waals surface area contributed by atoms with E-state index >= 15 is 0 Å². The van der Waals surface area contributed by atoms with E-state index < -0.39 is 5.82 Å². The number of halogens is 1. The maximum atomic E-state index is 14.1. The first kappa shape index (κ1) is 103. The van der Waals surface area contributed by atoms with E-state index in [9.17, 15) is 42.7 Å². The van der Waals surface area contributed by atoms with Crippen LogP contribution >= 0.6 is 0 Å². The van der Waals surface area contributed by atoms with Gasteiger partial charge in [-0.25, -0.2) is 44.9 Å². The van der Waals surface area contributed by atoms with E-state index in [1.807, 2.05) is 25.1 Å². The van der Waals surface area contributed by atoms with Gasteiger partial charge in [0.05, 0.1) is 119 Å². The van der Waals surface area contributed by atoms with Crippen molar-refractivity contribution in [1.82, 2.24) is 79.6 Å². The highest BCUT2D eigenvalue weighted by atomic mass is 19.1. The Morgan fingerprint density at radius 1 is 0.366 bits per heavy atom. The van der Waals surface area contributed by atoms with Gasteiger partial charge in [0.2, 0.25) is 100 Å². The number of nitrogens with one attached hydrogen (secondary N) is 10. The van der Waals surface area contributed by atoms with Crippen molar-refractivity contribution in [2.24, 2.45) is 0 Å². The van der Waals surface area contributed by atoms with E-state index in [2.05, 4.69) is 156 Å². The molecule has 2 fully saturated rings. The molecule has 5 amide bonds. The van der Waals surface area contributed by atoms with Crippen LogP contribution in [0.3, 0.4) is 0 Å². The van der Waals surface area contributed by atoms with Gasteiger partial charge in [0.1, 0.15) is 35.0 Å². The SMILES string of the molecule is C=CC(=O)N1CC(Nc2nc(Nc3ccc(OC)nc3)ncc2C(C)=O)C1.C=CC(=O)N1CCC[C@@H](Oc2nc(Nc3cccc(OC)c3)ncc2F)C1.C=CC(=O)Nc1cccc(Nc2nc(Nc3ccc(OC)nc3)ncc2C(C)=O)c1.C=CC(=O)Nc1cccc(Oc2nc(Nc3ccc(OC)nc3)ncc2C(C)=O)c1.C=CC(=O)Nc1cccc(Oc2nc(Nc3ccc(OC)nc3)ncc2C)c1. The number of rotatable bonds is 36. The number of methoxy groups -OCH3 is 5. The lowest BCUT2D eigenvalue weighted by atomic mass is 10.1. The van der Waals surface area contributed by atoms with Crippen LogP contribution in [0.15, 0.2) is 265 Å². The second-order valence-corrected chi connectivity index (χ2v) is 29.9. The van der Waals surface area contributed by atoms with E-state index in [0.29, 0.717) is 165 Å². The smallest absolute Gasteiger partial charge is 0.255 e. The van der Waals surface area contributed by atoms with E-state index in [1.54, 1.807) is 190 Å². The fraction of sp³-hybridized carbons (Fsp3) is 0.172. The number of ketones is 3. The number of pyridine rings is 4. The molecule has 0 saturated carbocycles. The average Bonchev–Trinajstić information content (AvgIpc) is 0.812. The maximum Gasteiger partial charge on any atom is 0.255 e. The van der Waals surface area contributed by atoms with Crippen molar-refractivity contribution in [3.8, 4) is 58.4 Å². The van der Waals surface area contributed by atoms with Gasteiger partial charge in [0.25, 0.3) is 5.88 Å². The fourth-order valence-corrected chi connectivity index (χ4v) is 12.6. The number of hydrogen-bond acceptors (Lipinski definition) is 37. The van der Waals surface area contributed by atoms with Gasteiger partial charge >= 0.3 is 0 Å². The van der Waals surface area contributed by atoms with Crippen LogP contribution in [0.1, 0.15) is 70.3 Å². The minimum absolute atomic E-state index is 0.0115. The molecule has 9 aromatic heterocycles. The molecular weight excluding hydrogens is 1830 g/mol. The van der Waals surface area contributed by atoms with Gasteiger partial charge in [-0.3, -0.25) is 38.4 Å². The second kappa shape index (κ2) is 51.5. The van der Waals surface area contributed by atoms with Crippen molar-refractivity contribution < 1.29 is 80.6 Å². The molecule has 2 aliphatic rings. The summed E-state index contributed by atoms with van der Waals surface area (Å²) >= 11 is 0. The van der Waals surface area contributed by atoms with Crippen molar-refractivity contribution >= 4 is 139 Å². The zero-order valence-electron chi connectivity index (χ0n) is 78.4. The Hall–Kier alpha value is -19.1. The van der Waals surface area contributed by atoms with Crippen molar-refractivity contribution in [1.29, 1.82) is 0 Å². The Morgan fingerprint density at radius 3 is 1.18 bits per heavy atom.